The summed E-state index contributed by atoms with van der Waals surface area (Å²) in [5, 5.41) is 31.5. The number of rotatable bonds is 13. The fraction of sp³-hybridized carbons (Fsp3) is 0.524. The van der Waals surface area contributed by atoms with Crippen LogP contribution >= 0.6 is 23.5 Å². The minimum absolute atomic E-state index is 0.00424. The average molecular weight is 745 g/mol. The molecule has 6 unspecified atom stereocenters. The average Bonchev–Trinajstić information content (AvgIpc) is 3.64. The number of phosphoric ester groups is 3. The Balaban J connectivity index is 1.20. The second kappa shape index (κ2) is 13.9. The van der Waals surface area contributed by atoms with E-state index in [-0.39, 0.29) is 29.0 Å². The van der Waals surface area contributed by atoms with E-state index in [9.17, 15) is 53.4 Å². The predicted octanol–water partition coefficient (Wildman–Crippen LogP) is -2.57. The topological polar surface area (TPSA) is 364 Å². The molecule has 48 heavy (non-hydrogen) atoms. The number of imidazole rings is 1. The first-order valence-electron chi connectivity index (χ1n) is 13.5. The zero-order valence-electron chi connectivity index (χ0n) is 24.1. The number of carbonyl (C=O) groups excluding carboxylic acids is 1. The molecule has 24 nitrogen and oxygen atoms in total. The van der Waals surface area contributed by atoms with Gasteiger partial charge in [-0.25, -0.2) is 28.6 Å². The Morgan fingerprint density at radius 3 is 2.19 bits per heavy atom. The van der Waals surface area contributed by atoms with Crippen molar-refractivity contribution in [3.05, 3.63) is 36.7 Å². The second-order valence-electron chi connectivity index (χ2n) is 10.4. The van der Waals surface area contributed by atoms with E-state index in [1.807, 2.05) is 0 Å². The Kier molecular flexibility index (Phi) is 10.6. The number of anilines is 1. The van der Waals surface area contributed by atoms with Crippen molar-refractivity contribution in [3.8, 4) is 0 Å². The number of aliphatic hydroxyl groups is 3. The van der Waals surface area contributed by atoms with Crippen molar-refractivity contribution in [3.63, 3.8) is 0 Å². The fourth-order valence-electron chi connectivity index (χ4n) is 4.93. The van der Waals surface area contributed by atoms with Crippen LogP contribution in [-0.2, 0) is 45.8 Å². The van der Waals surface area contributed by atoms with Crippen molar-refractivity contribution in [1.82, 2.24) is 24.4 Å². The molecule has 0 aliphatic carbocycles. The molecule has 1 amide bonds. The van der Waals surface area contributed by atoms with Crippen LogP contribution in [0.25, 0.3) is 11.2 Å². The number of aromatic nitrogens is 4. The lowest BCUT2D eigenvalue weighted by molar-refractivity contribution is -0.115. The summed E-state index contributed by atoms with van der Waals surface area (Å²) >= 11 is 0. The summed E-state index contributed by atoms with van der Waals surface area (Å²) in [5.41, 5.74) is 11.3. The molecule has 2 aromatic heterocycles. The van der Waals surface area contributed by atoms with Gasteiger partial charge in [0, 0.05) is 18.0 Å². The van der Waals surface area contributed by atoms with Gasteiger partial charge < -0.3 is 60.7 Å². The fourth-order valence-corrected chi connectivity index (χ4v) is 7.57. The van der Waals surface area contributed by atoms with Crippen molar-refractivity contribution in [2.45, 2.75) is 55.5 Å². The van der Waals surface area contributed by atoms with E-state index in [4.69, 9.17) is 30.0 Å². The van der Waals surface area contributed by atoms with E-state index < -0.39 is 91.7 Å². The number of hydrogen-bond donors (Lipinski definition) is 9. The molecule has 5 heterocycles. The highest BCUT2D eigenvalue weighted by molar-refractivity contribution is 7.61. The first-order chi connectivity index (χ1) is 22.4. The van der Waals surface area contributed by atoms with Crippen molar-refractivity contribution in [1.29, 1.82) is 0 Å². The van der Waals surface area contributed by atoms with Gasteiger partial charge in [0.15, 0.2) is 23.9 Å². The maximum atomic E-state index is 12.6. The number of nitrogens with two attached hydrogens (primary N) is 2. The van der Waals surface area contributed by atoms with Crippen molar-refractivity contribution in [2.24, 2.45) is 5.73 Å². The quantitative estimate of drug-likeness (QED) is 0.0951. The lowest BCUT2D eigenvalue weighted by Crippen LogP contribution is -2.40. The summed E-state index contributed by atoms with van der Waals surface area (Å²) in [6, 6.07) is 0. The molecule has 11 N–H and O–H groups in total. The smallest absolute Gasteiger partial charge is 0.387 e. The van der Waals surface area contributed by atoms with E-state index >= 15 is 0 Å². The number of allylic oxidation sites excluding steroid dienone is 1. The highest BCUT2D eigenvalue weighted by atomic mass is 31.3. The highest BCUT2D eigenvalue weighted by Crippen LogP contribution is 2.61. The molecule has 3 aliphatic rings. The lowest BCUT2D eigenvalue weighted by Gasteiger charge is -2.28. The van der Waals surface area contributed by atoms with Crippen molar-refractivity contribution < 1.29 is 80.7 Å². The minimum atomic E-state index is -5.52. The number of fused-ring (bicyclic) bond motifs is 1. The van der Waals surface area contributed by atoms with Gasteiger partial charge in [-0.2, -0.15) is 4.31 Å². The molecule has 10 atom stereocenters. The van der Waals surface area contributed by atoms with Gasteiger partial charge in [-0.15, -0.1) is 0 Å². The lowest BCUT2D eigenvalue weighted by atomic mass is 10.1. The minimum Gasteiger partial charge on any atom is -0.387 e. The first kappa shape index (κ1) is 36.5. The van der Waals surface area contributed by atoms with Crippen LogP contribution in [0.2, 0.25) is 0 Å². The number of aliphatic hydroxyl groups excluding tert-OH is 3. The SMILES string of the molecule is NC(=O)C1=CN(C2OC(COP(=O)(O)OP(=O)(O)OC[C@H]3O[C@@H](n4cnc5c(N)ncnc54)[C@H](OP(=O)(O)O)[C@@H]3O)C(O)C2O)C=CC1. The zero-order valence-corrected chi connectivity index (χ0v) is 26.8. The Hall–Kier alpha value is -2.73. The molecule has 3 aliphatic heterocycles. The van der Waals surface area contributed by atoms with Gasteiger partial charge in [0.25, 0.3) is 0 Å². The van der Waals surface area contributed by atoms with E-state index in [2.05, 4.69) is 23.8 Å². The number of ether oxygens (including phenoxy) is 2. The van der Waals surface area contributed by atoms with Crippen LogP contribution in [-0.4, -0.2) is 121 Å². The summed E-state index contributed by atoms with van der Waals surface area (Å²) in [6.45, 7) is -2.02. The molecule has 0 spiro atoms. The van der Waals surface area contributed by atoms with Gasteiger partial charge in [-0.3, -0.25) is 22.9 Å². The first-order valence-corrected chi connectivity index (χ1v) is 18.0. The molecule has 5 rings (SSSR count). The molecule has 0 saturated carbocycles. The maximum absolute atomic E-state index is 12.6. The number of phosphoric acid groups is 3. The van der Waals surface area contributed by atoms with Crippen LogP contribution in [0.15, 0.2) is 36.7 Å². The van der Waals surface area contributed by atoms with Gasteiger partial charge >= 0.3 is 23.5 Å². The van der Waals surface area contributed by atoms with Gasteiger partial charge in [-0.1, -0.05) is 6.08 Å². The van der Waals surface area contributed by atoms with Crippen LogP contribution in [0.5, 0.6) is 0 Å². The summed E-state index contributed by atoms with van der Waals surface area (Å²) in [5.74, 6) is -0.791. The third-order valence-corrected chi connectivity index (χ3v) is 10.2. The number of hydrogen-bond acceptors (Lipinski definition) is 18. The predicted molar refractivity (Wildman–Crippen MR) is 153 cm³/mol. The summed E-state index contributed by atoms with van der Waals surface area (Å²) in [4.78, 5) is 63.4. The second-order valence-corrected chi connectivity index (χ2v) is 14.6. The molecular weight excluding hydrogens is 715 g/mol. The number of primary amides is 1. The molecule has 0 aromatic carbocycles. The van der Waals surface area contributed by atoms with E-state index in [0.29, 0.717) is 0 Å². The van der Waals surface area contributed by atoms with Crippen molar-refractivity contribution in [2.75, 3.05) is 18.9 Å². The number of amides is 1. The molecular formula is C21H30N7O17P3. The monoisotopic (exact) mass is 745 g/mol. The Bertz CT molecular complexity index is 1740. The summed E-state index contributed by atoms with van der Waals surface area (Å²) in [6.07, 6.45) is -6.47. The number of nitrogens with zero attached hydrogens (tertiary/aromatic N) is 5. The normalized spacial score (nSPS) is 31.9. The summed E-state index contributed by atoms with van der Waals surface area (Å²) < 4.78 is 67.2. The van der Waals surface area contributed by atoms with Gasteiger partial charge in [-0.05, 0) is 6.42 Å². The molecule has 2 saturated heterocycles. The summed E-state index contributed by atoms with van der Waals surface area (Å²) in [7, 11) is -16.3. The standard InChI is InChI=1S/C21H30N7O17P3/c22-17-12-19(25-7-24-17)28(8-26-12)21-16(44-46(33,34)35)14(30)11(43-21)6-41-48(38,39)45-47(36,37)40-5-10-13(29)15(31)20(42-10)27-3-1-2-9(4-27)18(23)32/h1,3-4,7-8,10-11,13-16,20-21,29-31H,2,5-6H2,(H2,23,32)(H,36,37)(H,38,39)(H2,22,24,25)(H2,33,34,35)/t10?,11-,13?,14-,15?,16-,20?,21-/m1/s1. The van der Waals surface area contributed by atoms with Gasteiger partial charge in [0.05, 0.1) is 19.5 Å². The third-order valence-electron chi connectivity index (χ3n) is 7.11. The van der Waals surface area contributed by atoms with Gasteiger partial charge in [0.2, 0.25) is 5.91 Å². The van der Waals surface area contributed by atoms with Gasteiger partial charge in [0.1, 0.15) is 48.5 Å². The Labute approximate surface area is 268 Å². The van der Waals surface area contributed by atoms with Crippen molar-refractivity contribution >= 4 is 46.4 Å². The molecule has 0 radical (unpaired) electrons. The Morgan fingerprint density at radius 1 is 0.938 bits per heavy atom. The number of carbonyl (C=O) groups is 1. The van der Waals surface area contributed by atoms with Crippen LogP contribution < -0.4 is 11.5 Å². The molecule has 2 fully saturated rings. The highest BCUT2D eigenvalue weighted by Gasteiger charge is 2.51. The van der Waals surface area contributed by atoms with Crippen LogP contribution in [0.1, 0.15) is 12.6 Å². The van der Waals surface area contributed by atoms with E-state index in [1.54, 1.807) is 0 Å². The third kappa shape index (κ3) is 8.17. The molecule has 0 bridgehead atoms. The molecule has 2 aromatic rings. The van der Waals surface area contributed by atoms with Crippen LogP contribution in [0.3, 0.4) is 0 Å². The maximum Gasteiger partial charge on any atom is 0.481 e. The number of nitrogen functional groups attached to an aromatic ring is 1. The zero-order chi connectivity index (χ0) is 35.2. The van der Waals surface area contributed by atoms with Crippen LogP contribution in [0.4, 0.5) is 5.82 Å². The Morgan fingerprint density at radius 2 is 1.56 bits per heavy atom. The molecule has 266 valence electrons. The van der Waals surface area contributed by atoms with E-state index in [1.165, 1.54) is 23.4 Å². The van der Waals surface area contributed by atoms with E-state index in [0.717, 1.165) is 17.2 Å². The largest absolute Gasteiger partial charge is 0.481 e. The van der Waals surface area contributed by atoms with Crippen LogP contribution in [0, 0.1) is 0 Å². The molecule has 27 heteroatoms.